The Labute approximate surface area is 142 Å². The Morgan fingerprint density at radius 2 is 1.71 bits per heavy atom. The van der Waals surface area contributed by atoms with Crippen LogP contribution in [-0.2, 0) is 16.1 Å². The molecule has 0 bridgehead atoms. The second-order valence-electron chi connectivity index (χ2n) is 4.77. The van der Waals surface area contributed by atoms with Crippen molar-refractivity contribution in [3.8, 4) is 5.75 Å². The fraction of sp³-hybridized carbons (Fsp3) is 0.211. The smallest absolute Gasteiger partial charge is 0.371 e. The first kappa shape index (κ1) is 19.3. The van der Waals surface area contributed by atoms with Crippen LogP contribution in [0.2, 0.25) is 0 Å². The van der Waals surface area contributed by atoms with Gasteiger partial charge in [-0.25, -0.2) is 4.79 Å². The average Bonchev–Trinajstić information content (AvgIpc) is 2.60. The lowest BCUT2D eigenvalue weighted by Crippen LogP contribution is -2.01. The van der Waals surface area contributed by atoms with Gasteiger partial charge in [0.1, 0.15) is 12.4 Å². The van der Waals surface area contributed by atoms with E-state index in [0.29, 0.717) is 6.61 Å². The van der Waals surface area contributed by atoms with Crippen LogP contribution in [0.25, 0.3) is 6.08 Å². The zero-order valence-electron chi connectivity index (χ0n) is 13.9. The van der Waals surface area contributed by atoms with Crippen molar-refractivity contribution in [3.63, 3.8) is 0 Å². The van der Waals surface area contributed by atoms with Gasteiger partial charge in [-0.3, -0.25) is 0 Å². The van der Waals surface area contributed by atoms with E-state index >= 15 is 0 Å². The number of ether oxygens (including phenoxy) is 2. The molecule has 0 saturated heterocycles. The van der Waals surface area contributed by atoms with Gasteiger partial charge in [0.05, 0.1) is 7.11 Å². The van der Waals surface area contributed by atoms with Crippen LogP contribution in [0.4, 0.5) is 0 Å². The van der Waals surface area contributed by atoms with Crippen molar-refractivity contribution in [3.05, 3.63) is 71.5 Å². The molecule has 128 valence electrons. The van der Waals surface area contributed by atoms with Crippen molar-refractivity contribution in [1.29, 1.82) is 0 Å². The summed E-state index contributed by atoms with van der Waals surface area (Å²) in [6.07, 6.45) is 1.46. The van der Waals surface area contributed by atoms with Crippen LogP contribution in [0.1, 0.15) is 18.1 Å². The molecule has 0 atom stereocenters. The first-order valence-corrected chi connectivity index (χ1v) is 7.56. The number of nitrogens with two attached hydrogens (primary N) is 1. The summed E-state index contributed by atoms with van der Waals surface area (Å²) in [5, 5.41) is 8.88. The minimum Gasteiger partial charge on any atom is -0.490 e. The quantitative estimate of drug-likeness (QED) is 0.628. The van der Waals surface area contributed by atoms with Crippen LogP contribution < -0.4 is 10.5 Å². The van der Waals surface area contributed by atoms with E-state index < -0.39 is 5.97 Å². The van der Waals surface area contributed by atoms with Gasteiger partial charge in [-0.15, -0.1) is 0 Å². The van der Waals surface area contributed by atoms with Gasteiger partial charge in [0.25, 0.3) is 0 Å². The summed E-state index contributed by atoms with van der Waals surface area (Å²) in [7, 11) is 1.33. The molecule has 5 nitrogen and oxygen atoms in total. The molecule has 0 saturated carbocycles. The zero-order chi connectivity index (χ0) is 17.8. The van der Waals surface area contributed by atoms with E-state index in [2.05, 4.69) is 0 Å². The predicted octanol–water partition coefficient (Wildman–Crippen LogP) is 3.30. The number of carbonyl (C=O) groups is 1. The summed E-state index contributed by atoms with van der Waals surface area (Å²) in [5.74, 6) is -0.472. The van der Waals surface area contributed by atoms with E-state index in [-0.39, 0.29) is 5.76 Å². The molecule has 0 aromatic heterocycles. The SMILES string of the molecule is CCN.CO/C(=C\c1ccc(OCc2ccccc2)cc1)C(=O)O. The monoisotopic (exact) mass is 329 g/mol. The third-order valence-corrected chi connectivity index (χ3v) is 2.86. The normalized spacial score (nSPS) is 10.4. The first-order valence-electron chi connectivity index (χ1n) is 7.56. The first-order chi connectivity index (χ1) is 11.6. The maximum Gasteiger partial charge on any atom is 0.371 e. The van der Waals surface area contributed by atoms with Gasteiger partial charge in [0.15, 0.2) is 0 Å². The fourth-order valence-corrected chi connectivity index (χ4v) is 1.76. The molecule has 5 heteroatoms. The number of aliphatic carboxylic acids is 1. The number of hydrogen-bond acceptors (Lipinski definition) is 4. The standard InChI is InChI=1S/C17H16O4.C2H7N/c1-20-16(17(18)19)11-13-7-9-15(10-8-13)21-12-14-5-3-2-4-6-14;1-2-3/h2-11H,12H2,1H3,(H,18,19);2-3H2,1H3/b16-11-;. The Balaban J connectivity index is 0.000000891. The fourth-order valence-electron chi connectivity index (χ4n) is 1.76. The number of carboxylic acids is 1. The van der Waals surface area contributed by atoms with Crippen molar-refractivity contribution >= 4 is 12.0 Å². The van der Waals surface area contributed by atoms with Crippen LogP contribution in [0.3, 0.4) is 0 Å². The molecule has 3 N–H and O–H groups in total. The van der Waals surface area contributed by atoms with Gasteiger partial charge in [-0.2, -0.15) is 0 Å². The Kier molecular flexibility index (Phi) is 8.71. The Hall–Kier alpha value is -2.79. The van der Waals surface area contributed by atoms with Gasteiger partial charge in [-0.05, 0) is 35.9 Å². The molecular formula is C19H23NO4. The maximum absolute atomic E-state index is 10.8. The summed E-state index contributed by atoms with van der Waals surface area (Å²) in [5.41, 5.74) is 6.68. The Morgan fingerprint density at radius 3 is 2.21 bits per heavy atom. The van der Waals surface area contributed by atoms with E-state index in [1.165, 1.54) is 13.2 Å². The van der Waals surface area contributed by atoms with Gasteiger partial charge in [-0.1, -0.05) is 49.4 Å². The number of carboxylic acid groups (broad SMARTS) is 1. The molecule has 24 heavy (non-hydrogen) atoms. The zero-order valence-corrected chi connectivity index (χ0v) is 13.9. The van der Waals surface area contributed by atoms with Gasteiger partial charge >= 0.3 is 5.97 Å². The number of benzene rings is 2. The highest BCUT2D eigenvalue weighted by Gasteiger charge is 2.06. The molecule has 0 spiro atoms. The minimum absolute atomic E-state index is 0.104. The second kappa shape index (κ2) is 10.9. The summed E-state index contributed by atoms with van der Waals surface area (Å²) in [4.78, 5) is 10.8. The molecule has 0 fully saturated rings. The predicted molar refractivity (Wildman–Crippen MR) is 94.6 cm³/mol. The molecule has 0 aliphatic heterocycles. The number of rotatable bonds is 6. The minimum atomic E-state index is -1.10. The molecule has 0 heterocycles. The third-order valence-electron chi connectivity index (χ3n) is 2.86. The van der Waals surface area contributed by atoms with Crippen molar-refractivity contribution in [2.45, 2.75) is 13.5 Å². The van der Waals surface area contributed by atoms with Crippen LogP contribution in [0.15, 0.2) is 60.4 Å². The van der Waals surface area contributed by atoms with Gasteiger partial charge in [0, 0.05) is 0 Å². The summed E-state index contributed by atoms with van der Waals surface area (Å²) in [6, 6.07) is 17.0. The number of hydrogen-bond donors (Lipinski definition) is 2. The highest BCUT2D eigenvalue weighted by Crippen LogP contribution is 2.16. The molecule has 2 aromatic carbocycles. The topological polar surface area (TPSA) is 81.8 Å². The molecule has 0 radical (unpaired) electrons. The maximum atomic E-state index is 10.8. The molecule has 0 amide bonds. The van der Waals surface area contributed by atoms with Crippen LogP contribution >= 0.6 is 0 Å². The van der Waals surface area contributed by atoms with E-state index in [4.69, 9.17) is 20.3 Å². The van der Waals surface area contributed by atoms with E-state index in [9.17, 15) is 4.79 Å². The molecule has 2 aromatic rings. The Morgan fingerprint density at radius 1 is 1.12 bits per heavy atom. The van der Waals surface area contributed by atoms with E-state index in [1.54, 1.807) is 24.3 Å². The largest absolute Gasteiger partial charge is 0.490 e. The Bertz CT molecular complexity index is 636. The molecule has 0 aliphatic carbocycles. The van der Waals surface area contributed by atoms with Crippen LogP contribution in [-0.4, -0.2) is 24.7 Å². The van der Waals surface area contributed by atoms with Crippen LogP contribution in [0.5, 0.6) is 5.75 Å². The van der Waals surface area contributed by atoms with Crippen molar-refractivity contribution in [1.82, 2.24) is 0 Å². The average molecular weight is 329 g/mol. The van der Waals surface area contributed by atoms with Crippen molar-refractivity contribution < 1.29 is 19.4 Å². The highest BCUT2D eigenvalue weighted by molar-refractivity contribution is 5.89. The van der Waals surface area contributed by atoms with Crippen molar-refractivity contribution in [2.75, 3.05) is 13.7 Å². The highest BCUT2D eigenvalue weighted by atomic mass is 16.5. The molecule has 2 rings (SSSR count). The lowest BCUT2D eigenvalue weighted by atomic mass is 10.2. The molecule has 0 aliphatic rings. The van der Waals surface area contributed by atoms with Crippen molar-refractivity contribution in [2.24, 2.45) is 5.73 Å². The lowest BCUT2D eigenvalue weighted by molar-refractivity contribution is -0.135. The molecule has 0 unspecified atom stereocenters. The van der Waals surface area contributed by atoms with E-state index in [1.807, 2.05) is 37.3 Å². The number of methoxy groups -OCH3 is 1. The summed E-state index contributed by atoms with van der Waals surface area (Å²) in [6.45, 7) is 3.15. The van der Waals surface area contributed by atoms with E-state index in [0.717, 1.165) is 23.4 Å². The third kappa shape index (κ3) is 6.98. The second-order valence-corrected chi connectivity index (χ2v) is 4.77. The molecular weight excluding hydrogens is 306 g/mol. The summed E-state index contributed by atoms with van der Waals surface area (Å²) < 4.78 is 10.4. The lowest BCUT2D eigenvalue weighted by Gasteiger charge is -2.06. The summed E-state index contributed by atoms with van der Waals surface area (Å²) >= 11 is 0. The van der Waals surface area contributed by atoms with Crippen LogP contribution in [0, 0.1) is 0 Å². The van der Waals surface area contributed by atoms with Gasteiger partial charge < -0.3 is 20.3 Å². The van der Waals surface area contributed by atoms with Gasteiger partial charge in [0.2, 0.25) is 5.76 Å².